The molecule has 0 saturated carbocycles. The summed E-state index contributed by atoms with van der Waals surface area (Å²) >= 11 is 5.85. The van der Waals surface area contributed by atoms with Crippen molar-refractivity contribution in [1.82, 2.24) is 5.32 Å². The molecule has 1 aromatic carbocycles. The molecule has 13 heavy (non-hydrogen) atoms. The van der Waals surface area contributed by atoms with Gasteiger partial charge >= 0.3 is 0 Å². The molecule has 0 radical (unpaired) electrons. The Morgan fingerprint density at radius 3 is 2.77 bits per heavy atom. The number of likely N-dealkylation sites (N-methyl/N-ethyl adjacent to an activating group) is 1. The molecule has 0 aliphatic rings. The highest BCUT2D eigenvalue weighted by Crippen LogP contribution is 2.24. The zero-order valence-electron chi connectivity index (χ0n) is 7.35. The summed E-state index contributed by atoms with van der Waals surface area (Å²) in [5.41, 5.74) is 5.90. The van der Waals surface area contributed by atoms with Gasteiger partial charge < -0.3 is 11.1 Å². The molecule has 1 aromatic rings. The van der Waals surface area contributed by atoms with Crippen LogP contribution in [0.3, 0.4) is 0 Å². The smallest absolute Gasteiger partial charge is 0.129 e. The predicted octanol–water partition coefficient (Wildman–Crippen LogP) is 1.70. The second-order valence-electron chi connectivity index (χ2n) is 2.71. The molecule has 2 nitrogen and oxygen atoms in total. The molecule has 1 atom stereocenters. The van der Waals surface area contributed by atoms with Crippen LogP contribution >= 0.6 is 11.6 Å². The third-order valence-electron chi connectivity index (χ3n) is 1.93. The van der Waals surface area contributed by atoms with Crippen molar-refractivity contribution in [3.8, 4) is 0 Å². The minimum atomic E-state index is -0.322. The van der Waals surface area contributed by atoms with Crippen LogP contribution in [0.2, 0.25) is 5.02 Å². The van der Waals surface area contributed by atoms with Gasteiger partial charge in [0.2, 0.25) is 0 Å². The third kappa shape index (κ3) is 2.18. The standard InChI is InChI=1S/C9H12ClFN2/c1-13-8(5-12)9-6(10)3-2-4-7(9)11/h2-4,8,13H,5,12H2,1H3. The molecule has 4 heteroatoms. The quantitative estimate of drug-likeness (QED) is 0.783. The number of rotatable bonds is 3. The average molecular weight is 203 g/mol. The molecule has 1 unspecified atom stereocenters. The van der Waals surface area contributed by atoms with E-state index in [2.05, 4.69) is 5.32 Å². The Balaban J connectivity index is 3.10. The van der Waals surface area contributed by atoms with Gasteiger partial charge in [-0.25, -0.2) is 4.39 Å². The van der Waals surface area contributed by atoms with Crippen molar-refractivity contribution in [1.29, 1.82) is 0 Å². The molecule has 0 bridgehead atoms. The molecule has 0 fully saturated rings. The zero-order valence-corrected chi connectivity index (χ0v) is 8.11. The lowest BCUT2D eigenvalue weighted by molar-refractivity contribution is 0.542. The summed E-state index contributed by atoms with van der Waals surface area (Å²) in [6.07, 6.45) is 0. The maximum absolute atomic E-state index is 13.3. The van der Waals surface area contributed by atoms with Gasteiger partial charge in [-0.1, -0.05) is 17.7 Å². The van der Waals surface area contributed by atoms with Gasteiger partial charge in [0.15, 0.2) is 0 Å². The fraction of sp³-hybridized carbons (Fsp3) is 0.333. The minimum Gasteiger partial charge on any atom is -0.329 e. The highest BCUT2D eigenvalue weighted by atomic mass is 35.5. The van der Waals surface area contributed by atoms with E-state index in [9.17, 15) is 4.39 Å². The Kier molecular flexibility index (Phi) is 3.66. The van der Waals surface area contributed by atoms with E-state index < -0.39 is 0 Å². The van der Waals surface area contributed by atoms with Crippen molar-refractivity contribution in [2.24, 2.45) is 5.73 Å². The second-order valence-corrected chi connectivity index (χ2v) is 3.12. The van der Waals surface area contributed by atoms with Crippen LogP contribution in [0.1, 0.15) is 11.6 Å². The number of hydrogen-bond acceptors (Lipinski definition) is 2. The molecule has 0 saturated heterocycles. The molecule has 1 rings (SSSR count). The lowest BCUT2D eigenvalue weighted by atomic mass is 10.1. The van der Waals surface area contributed by atoms with Gasteiger partial charge in [-0.2, -0.15) is 0 Å². The summed E-state index contributed by atoms with van der Waals surface area (Å²) in [6.45, 7) is 0.317. The predicted molar refractivity (Wildman–Crippen MR) is 52.3 cm³/mol. The van der Waals surface area contributed by atoms with Crippen LogP contribution in [0.4, 0.5) is 4.39 Å². The molecule has 0 spiro atoms. The molecular formula is C9H12ClFN2. The summed E-state index contributed by atoms with van der Waals surface area (Å²) in [5.74, 6) is -0.322. The summed E-state index contributed by atoms with van der Waals surface area (Å²) in [5, 5.41) is 3.31. The summed E-state index contributed by atoms with van der Waals surface area (Å²) in [7, 11) is 1.72. The highest BCUT2D eigenvalue weighted by molar-refractivity contribution is 6.31. The van der Waals surface area contributed by atoms with Crippen LogP contribution < -0.4 is 11.1 Å². The van der Waals surface area contributed by atoms with Crippen LogP contribution in [0, 0.1) is 5.82 Å². The van der Waals surface area contributed by atoms with E-state index in [1.165, 1.54) is 6.07 Å². The monoisotopic (exact) mass is 202 g/mol. The largest absolute Gasteiger partial charge is 0.329 e. The number of nitrogens with two attached hydrogens (primary N) is 1. The zero-order chi connectivity index (χ0) is 9.84. The molecular weight excluding hydrogens is 191 g/mol. The van der Waals surface area contributed by atoms with E-state index in [0.717, 1.165) is 0 Å². The Morgan fingerprint density at radius 1 is 1.62 bits per heavy atom. The number of halogens is 2. The van der Waals surface area contributed by atoms with Gasteiger partial charge in [-0.15, -0.1) is 0 Å². The van der Waals surface area contributed by atoms with Gasteiger partial charge in [0.25, 0.3) is 0 Å². The Bertz CT molecular complexity index is 267. The first kappa shape index (κ1) is 10.4. The minimum absolute atomic E-state index is 0.228. The average Bonchev–Trinajstić information content (AvgIpc) is 2.11. The Morgan fingerprint density at radius 2 is 2.31 bits per heavy atom. The lowest BCUT2D eigenvalue weighted by Gasteiger charge is -2.16. The van der Waals surface area contributed by atoms with E-state index in [0.29, 0.717) is 17.1 Å². The van der Waals surface area contributed by atoms with E-state index in [1.54, 1.807) is 19.2 Å². The third-order valence-corrected chi connectivity index (χ3v) is 2.26. The summed E-state index contributed by atoms with van der Waals surface area (Å²) in [4.78, 5) is 0. The second kappa shape index (κ2) is 4.56. The van der Waals surface area contributed by atoms with Crippen molar-refractivity contribution in [3.05, 3.63) is 34.6 Å². The maximum atomic E-state index is 13.3. The van der Waals surface area contributed by atoms with Gasteiger partial charge in [-0.3, -0.25) is 0 Å². The van der Waals surface area contributed by atoms with Gasteiger partial charge in [-0.05, 0) is 19.2 Å². The number of hydrogen-bond donors (Lipinski definition) is 2. The molecule has 0 amide bonds. The van der Waals surface area contributed by atoms with E-state index in [1.807, 2.05) is 0 Å². The lowest BCUT2D eigenvalue weighted by Crippen LogP contribution is -2.26. The first-order valence-corrected chi connectivity index (χ1v) is 4.39. The number of nitrogens with one attached hydrogen (secondary N) is 1. The van der Waals surface area contributed by atoms with Gasteiger partial charge in [0.1, 0.15) is 5.82 Å². The maximum Gasteiger partial charge on any atom is 0.129 e. The molecule has 0 aromatic heterocycles. The number of benzene rings is 1. The van der Waals surface area contributed by atoms with Crippen molar-refractivity contribution in [2.45, 2.75) is 6.04 Å². The SMILES string of the molecule is CNC(CN)c1c(F)cccc1Cl. The van der Waals surface area contributed by atoms with Crippen molar-refractivity contribution >= 4 is 11.6 Å². The first-order chi connectivity index (χ1) is 6.20. The van der Waals surface area contributed by atoms with Crippen molar-refractivity contribution in [2.75, 3.05) is 13.6 Å². The van der Waals surface area contributed by atoms with Crippen molar-refractivity contribution < 1.29 is 4.39 Å². The summed E-state index contributed by atoms with van der Waals surface area (Å²) in [6, 6.07) is 4.37. The highest BCUT2D eigenvalue weighted by Gasteiger charge is 2.15. The normalized spacial score (nSPS) is 12.9. The van der Waals surface area contributed by atoms with Crippen LogP contribution in [-0.2, 0) is 0 Å². The Labute approximate surface area is 81.9 Å². The molecule has 0 heterocycles. The molecule has 72 valence electrons. The van der Waals surface area contributed by atoms with E-state index in [-0.39, 0.29) is 11.9 Å². The van der Waals surface area contributed by atoms with E-state index >= 15 is 0 Å². The summed E-state index contributed by atoms with van der Waals surface area (Å²) < 4.78 is 13.3. The van der Waals surface area contributed by atoms with Crippen LogP contribution in [-0.4, -0.2) is 13.6 Å². The van der Waals surface area contributed by atoms with Gasteiger partial charge in [0.05, 0.1) is 0 Å². The fourth-order valence-electron chi connectivity index (χ4n) is 1.22. The molecule has 3 N–H and O–H groups in total. The topological polar surface area (TPSA) is 38.0 Å². The van der Waals surface area contributed by atoms with Gasteiger partial charge in [0, 0.05) is 23.2 Å². The van der Waals surface area contributed by atoms with Crippen LogP contribution in [0.5, 0.6) is 0 Å². The van der Waals surface area contributed by atoms with E-state index in [4.69, 9.17) is 17.3 Å². The molecule has 0 aliphatic carbocycles. The van der Waals surface area contributed by atoms with Crippen LogP contribution in [0.25, 0.3) is 0 Å². The first-order valence-electron chi connectivity index (χ1n) is 4.02. The fourth-order valence-corrected chi connectivity index (χ4v) is 1.52. The molecule has 0 aliphatic heterocycles. The van der Waals surface area contributed by atoms with Crippen LogP contribution in [0.15, 0.2) is 18.2 Å². The van der Waals surface area contributed by atoms with Crippen molar-refractivity contribution in [3.63, 3.8) is 0 Å². The Hall–Kier alpha value is -0.640.